The second kappa shape index (κ2) is 5.76. The van der Waals surface area contributed by atoms with Crippen LogP contribution in [-0.2, 0) is 6.54 Å². The van der Waals surface area contributed by atoms with Crippen molar-refractivity contribution < 1.29 is 0 Å². The number of hydrogen-bond acceptors (Lipinski definition) is 2. The minimum absolute atomic E-state index is 0.875. The van der Waals surface area contributed by atoms with Gasteiger partial charge < -0.3 is 10.3 Å². The normalized spacial score (nSPS) is 15.5. The standard InChI is InChI=1S/C16H23N3/c1-2-19(14-7-8-14)10-9-17-11-13-12-18-16-6-4-3-5-15(13)16/h3-6,12,14,17-18H,2,7-11H2,1H3. The highest BCUT2D eigenvalue weighted by Gasteiger charge is 2.26. The highest BCUT2D eigenvalue weighted by molar-refractivity contribution is 5.82. The van der Waals surface area contributed by atoms with E-state index in [-0.39, 0.29) is 0 Å². The van der Waals surface area contributed by atoms with E-state index in [0.29, 0.717) is 0 Å². The zero-order valence-corrected chi connectivity index (χ0v) is 11.7. The fourth-order valence-corrected chi connectivity index (χ4v) is 2.76. The van der Waals surface area contributed by atoms with Gasteiger partial charge >= 0.3 is 0 Å². The first-order chi connectivity index (χ1) is 9.38. The van der Waals surface area contributed by atoms with Gasteiger partial charge in [0.1, 0.15) is 0 Å². The van der Waals surface area contributed by atoms with Crippen LogP contribution in [-0.4, -0.2) is 35.6 Å². The number of H-pyrrole nitrogens is 1. The first kappa shape index (κ1) is 12.7. The molecule has 0 bridgehead atoms. The van der Waals surface area contributed by atoms with Crippen LogP contribution in [0.4, 0.5) is 0 Å². The molecule has 1 fully saturated rings. The summed E-state index contributed by atoms with van der Waals surface area (Å²) in [6, 6.07) is 9.37. The van der Waals surface area contributed by atoms with Gasteiger partial charge in [-0.2, -0.15) is 0 Å². The van der Waals surface area contributed by atoms with E-state index in [4.69, 9.17) is 0 Å². The number of benzene rings is 1. The molecule has 2 N–H and O–H groups in total. The Morgan fingerprint density at radius 1 is 1.32 bits per heavy atom. The molecule has 19 heavy (non-hydrogen) atoms. The summed E-state index contributed by atoms with van der Waals surface area (Å²) in [7, 11) is 0. The Labute approximate surface area is 115 Å². The van der Waals surface area contributed by atoms with Crippen molar-refractivity contribution in [3.63, 3.8) is 0 Å². The Morgan fingerprint density at radius 2 is 2.16 bits per heavy atom. The zero-order chi connectivity index (χ0) is 13.1. The summed E-state index contributed by atoms with van der Waals surface area (Å²) >= 11 is 0. The van der Waals surface area contributed by atoms with Crippen LogP contribution in [0, 0.1) is 0 Å². The molecule has 3 nitrogen and oxygen atoms in total. The molecule has 1 aromatic heterocycles. The first-order valence-electron chi connectivity index (χ1n) is 7.38. The molecule has 3 heteroatoms. The van der Waals surface area contributed by atoms with Crippen LogP contribution in [0.1, 0.15) is 25.3 Å². The average Bonchev–Trinajstić information content (AvgIpc) is 3.20. The van der Waals surface area contributed by atoms with Crippen LogP contribution in [0.25, 0.3) is 10.9 Å². The molecule has 3 rings (SSSR count). The Bertz CT molecular complexity index is 528. The van der Waals surface area contributed by atoms with E-state index in [0.717, 1.165) is 19.1 Å². The van der Waals surface area contributed by atoms with E-state index in [1.54, 1.807) is 0 Å². The molecule has 1 aliphatic carbocycles. The van der Waals surface area contributed by atoms with Gasteiger partial charge in [0.15, 0.2) is 0 Å². The molecule has 1 saturated carbocycles. The van der Waals surface area contributed by atoms with Gasteiger partial charge in [-0.25, -0.2) is 0 Å². The molecule has 0 saturated heterocycles. The van der Waals surface area contributed by atoms with Crippen LogP contribution in [0.5, 0.6) is 0 Å². The van der Waals surface area contributed by atoms with Gasteiger partial charge in [-0.15, -0.1) is 0 Å². The van der Waals surface area contributed by atoms with Crippen LogP contribution >= 0.6 is 0 Å². The Kier molecular flexibility index (Phi) is 3.85. The summed E-state index contributed by atoms with van der Waals surface area (Å²) in [6.07, 6.45) is 4.92. The van der Waals surface area contributed by atoms with Crippen LogP contribution in [0.15, 0.2) is 30.5 Å². The number of nitrogens with one attached hydrogen (secondary N) is 2. The third-order valence-corrected chi connectivity index (χ3v) is 4.04. The molecule has 0 aliphatic heterocycles. The fourth-order valence-electron chi connectivity index (χ4n) is 2.76. The largest absolute Gasteiger partial charge is 0.361 e. The summed E-state index contributed by atoms with van der Waals surface area (Å²) in [5.41, 5.74) is 2.59. The summed E-state index contributed by atoms with van der Waals surface area (Å²) in [4.78, 5) is 5.91. The van der Waals surface area contributed by atoms with Gasteiger partial charge in [0.05, 0.1) is 0 Å². The summed E-state index contributed by atoms with van der Waals surface area (Å²) < 4.78 is 0. The van der Waals surface area contributed by atoms with Crippen molar-refractivity contribution in [1.82, 2.24) is 15.2 Å². The van der Waals surface area contributed by atoms with E-state index in [2.05, 4.69) is 52.6 Å². The minimum Gasteiger partial charge on any atom is -0.361 e. The molecule has 0 spiro atoms. The van der Waals surface area contributed by atoms with Crippen LogP contribution < -0.4 is 5.32 Å². The van der Waals surface area contributed by atoms with Crippen molar-refractivity contribution in [1.29, 1.82) is 0 Å². The topological polar surface area (TPSA) is 31.1 Å². The number of hydrogen-bond donors (Lipinski definition) is 2. The smallest absolute Gasteiger partial charge is 0.0457 e. The zero-order valence-electron chi connectivity index (χ0n) is 11.7. The second-order valence-electron chi connectivity index (χ2n) is 5.40. The van der Waals surface area contributed by atoms with E-state index < -0.39 is 0 Å². The predicted molar refractivity (Wildman–Crippen MR) is 80.3 cm³/mol. The van der Waals surface area contributed by atoms with Gasteiger partial charge in [-0.05, 0) is 31.0 Å². The van der Waals surface area contributed by atoms with Crippen molar-refractivity contribution in [2.24, 2.45) is 0 Å². The average molecular weight is 257 g/mol. The molecule has 102 valence electrons. The van der Waals surface area contributed by atoms with Gasteiger partial charge in [0.25, 0.3) is 0 Å². The van der Waals surface area contributed by atoms with Crippen molar-refractivity contribution in [3.8, 4) is 0 Å². The SMILES string of the molecule is CCN(CCNCc1c[nH]c2ccccc12)C1CC1. The molecule has 0 amide bonds. The van der Waals surface area contributed by atoms with Crippen LogP contribution in [0.3, 0.4) is 0 Å². The minimum atomic E-state index is 0.875. The Morgan fingerprint density at radius 3 is 2.95 bits per heavy atom. The van der Waals surface area contributed by atoms with E-state index in [1.807, 2.05) is 0 Å². The fraction of sp³-hybridized carbons (Fsp3) is 0.500. The highest BCUT2D eigenvalue weighted by Crippen LogP contribution is 2.25. The maximum atomic E-state index is 3.57. The highest BCUT2D eigenvalue weighted by atomic mass is 15.2. The molecule has 2 aromatic rings. The number of rotatable bonds is 7. The lowest BCUT2D eigenvalue weighted by atomic mass is 10.2. The first-order valence-corrected chi connectivity index (χ1v) is 7.38. The monoisotopic (exact) mass is 257 g/mol. The number of likely N-dealkylation sites (N-methyl/N-ethyl adjacent to an activating group) is 1. The molecular formula is C16H23N3. The molecule has 1 aliphatic rings. The Hall–Kier alpha value is -1.32. The molecule has 1 heterocycles. The van der Waals surface area contributed by atoms with Gasteiger partial charge in [-0.3, -0.25) is 4.90 Å². The molecular weight excluding hydrogens is 234 g/mol. The van der Waals surface area contributed by atoms with Crippen LogP contribution in [0.2, 0.25) is 0 Å². The Balaban J connectivity index is 1.49. The lowest BCUT2D eigenvalue weighted by Gasteiger charge is -2.19. The maximum Gasteiger partial charge on any atom is 0.0457 e. The maximum absolute atomic E-state index is 3.57. The second-order valence-corrected chi connectivity index (χ2v) is 5.40. The lowest BCUT2D eigenvalue weighted by molar-refractivity contribution is 0.277. The van der Waals surface area contributed by atoms with E-state index in [1.165, 1.54) is 42.4 Å². The summed E-state index contributed by atoms with van der Waals surface area (Å²) in [5.74, 6) is 0. The van der Waals surface area contributed by atoms with Gasteiger partial charge in [0.2, 0.25) is 0 Å². The lowest BCUT2D eigenvalue weighted by Crippen LogP contribution is -2.33. The van der Waals surface area contributed by atoms with Gasteiger partial charge in [-0.1, -0.05) is 25.1 Å². The van der Waals surface area contributed by atoms with Crippen molar-refractivity contribution in [2.75, 3.05) is 19.6 Å². The number of fused-ring (bicyclic) bond motifs is 1. The predicted octanol–water partition coefficient (Wildman–Crippen LogP) is 2.74. The van der Waals surface area contributed by atoms with E-state index >= 15 is 0 Å². The molecule has 0 atom stereocenters. The number of para-hydroxylation sites is 1. The summed E-state index contributed by atoms with van der Waals surface area (Å²) in [5, 5.41) is 4.90. The van der Waals surface area contributed by atoms with Crippen molar-refractivity contribution in [3.05, 3.63) is 36.0 Å². The number of aromatic nitrogens is 1. The third-order valence-electron chi connectivity index (χ3n) is 4.04. The number of aromatic amines is 1. The third kappa shape index (κ3) is 2.99. The van der Waals surface area contributed by atoms with E-state index in [9.17, 15) is 0 Å². The molecule has 0 radical (unpaired) electrons. The van der Waals surface area contributed by atoms with Crippen molar-refractivity contribution >= 4 is 10.9 Å². The van der Waals surface area contributed by atoms with Crippen molar-refractivity contribution in [2.45, 2.75) is 32.4 Å². The van der Waals surface area contributed by atoms with Gasteiger partial charge in [0, 0.05) is 42.8 Å². The number of nitrogens with zero attached hydrogens (tertiary/aromatic N) is 1. The molecule has 1 aromatic carbocycles. The molecule has 0 unspecified atom stereocenters. The summed E-state index contributed by atoms with van der Waals surface area (Å²) in [6.45, 7) is 6.64. The quantitative estimate of drug-likeness (QED) is 0.747.